The minimum atomic E-state index is -3.66. The summed E-state index contributed by atoms with van der Waals surface area (Å²) >= 11 is 0. The highest BCUT2D eigenvalue weighted by atomic mass is 28.6. The first-order valence-electron chi connectivity index (χ1n) is 17.7. The Balaban J connectivity index is 2.36. The molecule has 0 spiro atoms. The van der Waals surface area contributed by atoms with Crippen molar-refractivity contribution in [3.05, 3.63) is 0 Å². The number of unbranched alkanes of at least 4 members (excludes halogenated alkanes) is 3. The van der Waals surface area contributed by atoms with Gasteiger partial charge in [-0.25, -0.2) is 0 Å². The maximum Gasteiger partial charge on any atom is 0.485 e. The van der Waals surface area contributed by atoms with Crippen LogP contribution in [-0.2, 0) is 50.3 Å². The zero-order chi connectivity index (χ0) is 33.3. The lowest BCUT2D eigenvalue weighted by atomic mass is 10.4. The zero-order valence-electron chi connectivity index (χ0n) is 29.7. The molecule has 3 fully saturated rings. The lowest BCUT2D eigenvalue weighted by Gasteiger charge is -2.57. The summed E-state index contributed by atoms with van der Waals surface area (Å²) in [7, 11) is -25.3. The Bertz CT molecular complexity index is 781. The first-order valence-corrected chi connectivity index (χ1v) is 31.2. The van der Waals surface area contributed by atoms with Crippen LogP contribution in [0.1, 0.15) is 108 Å². The van der Waals surface area contributed by atoms with E-state index in [0.29, 0.717) is 62.1 Å². The van der Waals surface area contributed by atoms with Crippen LogP contribution in [0.3, 0.4) is 0 Å². The predicted octanol–water partition coefficient (Wildman–Crippen LogP) is 7.34. The van der Waals surface area contributed by atoms with Crippen molar-refractivity contribution >= 4 is 61.6 Å². The van der Waals surface area contributed by atoms with Gasteiger partial charge in [-0.05, 0) is 19.3 Å². The molecule has 0 unspecified atom stereocenters. The lowest BCUT2D eigenvalue weighted by molar-refractivity contribution is -0.00893. The molecule has 0 N–H and O–H groups in total. The molecular weight excluding hydrogens is 701 g/mol. The van der Waals surface area contributed by atoms with E-state index in [2.05, 4.69) is 20.8 Å². The number of hydrogen-bond donors (Lipinski definition) is 0. The molecule has 19 heteroatoms. The summed E-state index contributed by atoms with van der Waals surface area (Å²) in [6.45, 7) is 22.1. The van der Waals surface area contributed by atoms with Crippen molar-refractivity contribution in [2.24, 2.45) is 0 Å². The molecule has 12 nitrogen and oxygen atoms in total. The van der Waals surface area contributed by atoms with Crippen molar-refractivity contribution in [1.82, 2.24) is 0 Å². The molecular formula is C26H62O12Si7. The van der Waals surface area contributed by atoms with Crippen LogP contribution in [0.25, 0.3) is 0 Å². The van der Waals surface area contributed by atoms with E-state index in [1.807, 2.05) is 48.5 Å². The van der Waals surface area contributed by atoms with Crippen LogP contribution in [-0.4, -0.2) is 81.5 Å². The van der Waals surface area contributed by atoms with E-state index in [1.54, 1.807) is 0 Å². The number of fused-ring (bicyclic) bond motifs is 3. The fourth-order valence-corrected chi connectivity index (χ4v) is 44.3. The van der Waals surface area contributed by atoms with Gasteiger partial charge in [0.25, 0.3) is 0 Å². The Hall–Kier alpha value is 1.04. The number of hydrogen-bond acceptors (Lipinski definition) is 12. The van der Waals surface area contributed by atoms with E-state index in [1.165, 1.54) is 0 Å². The molecule has 266 valence electrons. The van der Waals surface area contributed by atoms with Crippen LogP contribution >= 0.6 is 0 Å². The molecule has 3 aliphatic heterocycles. The normalized spacial score (nSPS) is 40.4. The summed E-state index contributed by atoms with van der Waals surface area (Å²) in [5, 5.41) is 0. The second-order valence-corrected chi connectivity index (χ2v) is 34.5. The molecule has 0 aromatic rings. The maximum absolute atomic E-state index is 7.25. The Morgan fingerprint density at radius 1 is 0.311 bits per heavy atom. The third-order valence-corrected chi connectivity index (χ3v) is 38.7. The average Bonchev–Trinajstić information content (AvgIpc) is 3.02. The summed E-state index contributed by atoms with van der Waals surface area (Å²) in [5.74, 6) is 0. The Morgan fingerprint density at radius 2 is 0.533 bits per heavy atom. The Labute approximate surface area is 280 Å². The number of rotatable bonds is 19. The van der Waals surface area contributed by atoms with Crippen LogP contribution in [0.5, 0.6) is 0 Å². The molecule has 0 atom stereocenters. The fraction of sp³-hybridized carbons (Fsp3) is 1.00. The largest absolute Gasteiger partial charge is 0.485 e. The van der Waals surface area contributed by atoms with Crippen molar-refractivity contribution < 1.29 is 50.3 Å². The second kappa shape index (κ2) is 17.3. The first kappa shape index (κ1) is 40.5. The van der Waals surface area contributed by atoms with Gasteiger partial charge in [-0.15, -0.1) is 0 Å². The van der Waals surface area contributed by atoms with E-state index in [-0.39, 0.29) is 0 Å². The molecule has 4 bridgehead atoms. The third-order valence-electron chi connectivity index (χ3n) is 8.29. The molecule has 0 aliphatic carbocycles. The summed E-state index contributed by atoms with van der Waals surface area (Å²) in [6.07, 6.45) is 5.50. The summed E-state index contributed by atoms with van der Waals surface area (Å²) in [4.78, 5) is 0. The second-order valence-electron chi connectivity index (χ2n) is 11.8. The van der Waals surface area contributed by atoms with E-state index < -0.39 is 61.6 Å². The molecule has 0 aromatic heterocycles. The van der Waals surface area contributed by atoms with E-state index in [4.69, 9.17) is 50.3 Å². The molecule has 0 amide bonds. The highest BCUT2D eigenvalue weighted by Gasteiger charge is 2.76. The minimum Gasteiger partial charge on any atom is -0.374 e. The monoisotopic (exact) mass is 762 g/mol. The summed E-state index contributed by atoms with van der Waals surface area (Å²) in [6, 6.07) is 3.28. The van der Waals surface area contributed by atoms with Gasteiger partial charge in [0.05, 0.1) is 0 Å². The van der Waals surface area contributed by atoms with Crippen LogP contribution in [0, 0.1) is 0 Å². The smallest absolute Gasteiger partial charge is 0.374 e. The van der Waals surface area contributed by atoms with Gasteiger partial charge in [0.15, 0.2) is 0 Å². The molecule has 3 aliphatic rings. The molecule has 45 heavy (non-hydrogen) atoms. The van der Waals surface area contributed by atoms with Gasteiger partial charge in [-0.3, -0.25) is 0 Å². The highest BCUT2D eigenvalue weighted by Crippen LogP contribution is 2.47. The van der Waals surface area contributed by atoms with Crippen molar-refractivity contribution in [1.29, 1.82) is 0 Å². The lowest BCUT2D eigenvalue weighted by Crippen LogP contribution is -2.82. The molecule has 0 radical (unpaired) electrons. The van der Waals surface area contributed by atoms with Crippen molar-refractivity contribution in [3.8, 4) is 0 Å². The minimum absolute atomic E-state index is 0.448. The van der Waals surface area contributed by atoms with Gasteiger partial charge in [0, 0.05) is 62.1 Å². The van der Waals surface area contributed by atoms with Gasteiger partial charge >= 0.3 is 61.6 Å². The predicted molar refractivity (Wildman–Crippen MR) is 186 cm³/mol. The quantitative estimate of drug-likeness (QED) is 0.0970. The average molecular weight is 763 g/mol. The van der Waals surface area contributed by atoms with Crippen LogP contribution in [0.15, 0.2) is 0 Å². The van der Waals surface area contributed by atoms with Gasteiger partial charge in [0.1, 0.15) is 0 Å². The summed E-state index contributed by atoms with van der Waals surface area (Å²) < 4.78 is 85.3. The first-order chi connectivity index (χ1) is 21.5. The van der Waals surface area contributed by atoms with Crippen LogP contribution < -0.4 is 0 Å². The fourth-order valence-electron chi connectivity index (χ4n) is 5.34. The van der Waals surface area contributed by atoms with Crippen molar-refractivity contribution in [2.45, 2.75) is 150 Å². The van der Waals surface area contributed by atoms with Gasteiger partial charge in [-0.2, -0.15) is 0 Å². The van der Waals surface area contributed by atoms with Crippen LogP contribution in [0.2, 0.25) is 42.3 Å². The molecule has 3 heterocycles. The highest BCUT2D eigenvalue weighted by molar-refractivity contribution is 6.98. The summed E-state index contributed by atoms with van der Waals surface area (Å²) in [5.41, 5.74) is 0. The van der Waals surface area contributed by atoms with Gasteiger partial charge < -0.3 is 50.3 Å². The van der Waals surface area contributed by atoms with E-state index >= 15 is 0 Å². The zero-order valence-corrected chi connectivity index (χ0v) is 36.7. The van der Waals surface area contributed by atoms with Crippen molar-refractivity contribution in [2.75, 3.05) is 19.8 Å². The SMILES string of the molecule is CCCCO[Si]1(CC)O[Si]2(CC)O[Si](CC)(OCCCC)O[Si]3(CC)O[Si](CC)(OCCCC)O[Si](CC)(O1)O[Si](CC)(O2)O3. The van der Waals surface area contributed by atoms with E-state index in [0.717, 1.165) is 38.5 Å². The Kier molecular flexibility index (Phi) is 15.6. The molecule has 3 rings (SSSR count). The van der Waals surface area contributed by atoms with Gasteiger partial charge in [-0.1, -0.05) is 88.5 Å². The third kappa shape index (κ3) is 9.43. The van der Waals surface area contributed by atoms with E-state index in [9.17, 15) is 0 Å². The van der Waals surface area contributed by atoms with Crippen molar-refractivity contribution in [3.63, 3.8) is 0 Å². The molecule has 3 saturated heterocycles. The van der Waals surface area contributed by atoms with Crippen LogP contribution in [0.4, 0.5) is 0 Å². The van der Waals surface area contributed by atoms with Gasteiger partial charge in [0.2, 0.25) is 0 Å². The molecule has 0 saturated carbocycles. The Morgan fingerprint density at radius 3 is 0.711 bits per heavy atom. The maximum atomic E-state index is 7.25. The standard InChI is InChI=1S/C26H62O12Si7/c1-11-21-24-27-39(14-4)30-42(17-7)32-40(15-5,28-25-22-12-2)34-44(19-9)35-41(16-6,29-26-23-13-3)33-43(18-8,31-39)37-45(20-10,36-42)38-44/h11-26H2,1-10H3. The topological polar surface area (TPSA) is 111 Å². The molecule has 0 aromatic carbocycles.